The van der Waals surface area contributed by atoms with E-state index in [9.17, 15) is 0 Å². The van der Waals surface area contributed by atoms with Gasteiger partial charge in [-0.25, -0.2) is 0 Å². The first-order valence-electron chi connectivity index (χ1n) is 9.35. The normalized spacial score (nSPS) is 19.2. The lowest BCUT2D eigenvalue weighted by Crippen LogP contribution is -2.36. The summed E-state index contributed by atoms with van der Waals surface area (Å²) in [5.74, 6) is 0. The highest BCUT2D eigenvalue weighted by molar-refractivity contribution is 7.80. The Morgan fingerprint density at radius 3 is 2.71 bits per heavy atom. The fourth-order valence-electron chi connectivity index (χ4n) is 3.64. The number of thiocarbonyl (C=S) groups is 1. The van der Waals surface area contributed by atoms with E-state index in [4.69, 9.17) is 12.2 Å². The minimum atomic E-state index is -0.0128. The Bertz CT molecular complexity index is 924. The van der Waals surface area contributed by atoms with Crippen LogP contribution >= 0.6 is 12.2 Å². The second-order valence-corrected chi connectivity index (χ2v) is 7.52. The van der Waals surface area contributed by atoms with Gasteiger partial charge in [-0.1, -0.05) is 6.07 Å². The van der Waals surface area contributed by atoms with Crippen LogP contribution < -0.4 is 5.32 Å². The fourth-order valence-corrected chi connectivity index (χ4v) is 3.97. The van der Waals surface area contributed by atoms with Crippen molar-refractivity contribution in [2.75, 3.05) is 27.2 Å². The zero-order valence-corrected chi connectivity index (χ0v) is 16.9. The molecule has 1 aliphatic rings. The lowest BCUT2D eigenvalue weighted by atomic mass is 10.0. The van der Waals surface area contributed by atoms with Crippen LogP contribution in [-0.2, 0) is 0 Å². The van der Waals surface area contributed by atoms with E-state index in [1.807, 2.05) is 30.6 Å². The Balaban J connectivity index is 1.77. The Morgan fingerprint density at radius 2 is 2.00 bits per heavy atom. The third kappa shape index (κ3) is 3.63. The van der Waals surface area contributed by atoms with Gasteiger partial charge in [0.25, 0.3) is 0 Å². The van der Waals surface area contributed by atoms with E-state index in [0.29, 0.717) is 0 Å². The molecule has 0 amide bonds. The molecule has 0 bridgehead atoms. The van der Waals surface area contributed by atoms with Crippen LogP contribution in [0.4, 0.5) is 0 Å². The molecule has 0 radical (unpaired) electrons. The first-order chi connectivity index (χ1) is 13.6. The molecule has 2 atom stereocenters. The van der Waals surface area contributed by atoms with Gasteiger partial charge in [-0.15, -0.1) is 0 Å². The SMILES string of the molecule is CN(C)CCN1C(=S)N[C@@H](c2ccccn2)[C@H]1c1cccn1-c1cccnc1. The van der Waals surface area contributed by atoms with Gasteiger partial charge >= 0.3 is 0 Å². The number of rotatable bonds is 6. The summed E-state index contributed by atoms with van der Waals surface area (Å²) in [6.07, 6.45) is 7.58. The zero-order valence-electron chi connectivity index (χ0n) is 16.1. The van der Waals surface area contributed by atoms with Gasteiger partial charge in [0.15, 0.2) is 5.11 Å². The van der Waals surface area contributed by atoms with E-state index in [-0.39, 0.29) is 12.1 Å². The van der Waals surface area contributed by atoms with Gasteiger partial charge in [0.05, 0.1) is 29.7 Å². The van der Waals surface area contributed by atoms with E-state index in [2.05, 4.69) is 74.2 Å². The molecule has 6 nitrogen and oxygen atoms in total. The van der Waals surface area contributed by atoms with Gasteiger partial charge in [0.1, 0.15) is 0 Å². The minimum absolute atomic E-state index is 0.0128. The number of aromatic nitrogens is 3. The van der Waals surface area contributed by atoms with Crippen LogP contribution in [0, 0.1) is 0 Å². The van der Waals surface area contributed by atoms with E-state index >= 15 is 0 Å². The average molecular weight is 393 g/mol. The van der Waals surface area contributed by atoms with Crippen molar-refractivity contribution < 1.29 is 0 Å². The molecule has 3 aromatic heterocycles. The Morgan fingerprint density at radius 1 is 1.11 bits per heavy atom. The van der Waals surface area contributed by atoms with Crippen LogP contribution in [0.2, 0.25) is 0 Å². The van der Waals surface area contributed by atoms with Crippen LogP contribution in [-0.4, -0.2) is 56.6 Å². The van der Waals surface area contributed by atoms with E-state index in [0.717, 1.165) is 35.3 Å². The smallest absolute Gasteiger partial charge is 0.170 e. The number of likely N-dealkylation sites (N-methyl/N-ethyl adjacent to an activating group) is 1. The summed E-state index contributed by atoms with van der Waals surface area (Å²) in [5, 5.41) is 4.27. The van der Waals surface area contributed by atoms with Crippen molar-refractivity contribution in [3.63, 3.8) is 0 Å². The Kier molecular flexibility index (Phi) is 5.36. The highest BCUT2D eigenvalue weighted by atomic mass is 32.1. The van der Waals surface area contributed by atoms with Crippen molar-refractivity contribution in [1.29, 1.82) is 0 Å². The molecule has 0 spiro atoms. The van der Waals surface area contributed by atoms with Crippen LogP contribution in [0.1, 0.15) is 23.5 Å². The largest absolute Gasteiger partial charge is 0.352 e. The maximum absolute atomic E-state index is 5.73. The lowest BCUT2D eigenvalue weighted by molar-refractivity contribution is 0.272. The summed E-state index contributed by atoms with van der Waals surface area (Å²) in [4.78, 5) is 13.3. The van der Waals surface area contributed by atoms with Crippen LogP contribution in [0.25, 0.3) is 5.69 Å². The van der Waals surface area contributed by atoms with Crippen molar-refractivity contribution in [2.24, 2.45) is 0 Å². The fraction of sp³-hybridized carbons (Fsp3) is 0.286. The van der Waals surface area contributed by atoms with E-state index < -0.39 is 0 Å². The number of nitrogens with one attached hydrogen (secondary N) is 1. The summed E-state index contributed by atoms with van der Waals surface area (Å²) in [6, 6.07) is 14.3. The molecule has 7 heteroatoms. The van der Waals surface area contributed by atoms with E-state index in [1.165, 1.54) is 0 Å². The second kappa shape index (κ2) is 8.08. The first kappa shape index (κ1) is 18.6. The monoisotopic (exact) mass is 392 g/mol. The number of nitrogens with zero attached hydrogens (tertiary/aromatic N) is 5. The Labute approximate surface area is 170 Å². The molecule has 144 valence electrons. The predicted molar refractivity (Wildman–Crippen MR) is 114 cm³/mol. The van der Waals surface area contributed by atoms with Crippen molar-refractivity contribution in [2.45, 2.75) is 12.1 Å². The van der Waals surface area contributed by atoms with Gasteiger partial charge in [-0.05, 0) is 62.7 Å². The quantitative estimate of drug-likeness (QED) is 0.651. The molecular weight excluding hydrogens is 368 g/mol. The first-order valence-corrected chi connectivity index (χ1v) is 9.76. The lowest BCUT2D eigenvalue weighted by Gasteiger charge is -2.29. The van der Waals surface area contributed by atoms with Gasteiger partial charge in [-0.2, -0.15) is 0 Å². The van der Waals surface area contributed by atoms with Crippen LogP contribution in [0.5, 0.6) is 0 Å². The minimum Gasteiger partial charge on any atom is -0.352 e. The molecule has 1 aliphatic heterocycles. The molecule has 1 N–H and O–H groups in total. The zero-order chi connectivity index (χ0) is 19.5. The van der Waals surface area contributed by atoms with Gasteiger partial charge < -0.3 is 19.7 Å². The number of hydrogen-bond acceptors (Lipinski definition) is 4. The molecule has 0 unspecified atom stereocenters. The Hall–Kier alpha value is -2.77. The maximum atomic E-state index is 5.73. The maximum Gasteiger partial charge on any atom is 0.170 e. The average Bonchev–Trinajstić information content (AvgIpc) is 3.32. The second-order valence-electron chi connectivity index (χ2n) is 7.14. The van der Waals surface area contributed by atoms with Crippen molar-refractivity contribution in [3.8, 4) is 5.69 Å². The standard InChI is InChI=1S/C21H24N6S/c1-25(2)13-14-27-20(19(24-21(27)28)17-8-3-4-11-23-17)18-9-6-12-26(18)16-7-5-10-22-15-16/h3-12,15,19-20H,13-14H2,1-2H3,(H,24,28)/t19-,20+/m0/s1. The van der Waals surface area contributed by atoms with Crippen molar-refractivity contribution in [3.05, 3.63) is 78.6 Å². The highest BCUT2D eigenvalue weighted by Gasteiger charge is 2.41. The third-order valence-corrected chi connectivity index (χ3v) is 5.35. The van der Waals surface area contributed by atoms with Crippen molar-refractivity contribution in [1.82, 2.24) is 29.7 Å². The topological polar surface area (TPSA) is 49.2 Å². The summed E-state index contributed by atoms with van der Waals surface area (Å²) in [7, 11) is 4.16. The molecule has 1 fully saturated rings. The summed E-state index contributed by atoms with van der Waals surface area (Å²) in [5.41, 5.74) is 3.18. The summed E-state index contributed by atoms with van der Waals surface area (Å²) in [6.45, 7) is 1.76. The summed E-state index contributed by atoms with van der Waals surface area (Å²) < 4.78 is 2.19. The molecule has 0 saturated carbocycles. The van der Waals surface area contributed by atoms with Gasteiger partial charge in [0.2, 0.25) is 0 Å². The summed E-state index contributed by atoms with van der Waals surface area (Å²) >= 11 is 5.73. The van der Waals surface area contributed by atoms with Gasteiger partial charge in [-0.3, -0.25) is 9.97 Å². The number of pyridine rings is 2. The van der Waals surface area contributed by atoms with Crippen LogP contribution in [0.15, 0.2) is 67.3 Å². The van der Waals surface area contributed by atoms with Crippen LogP contribution in [0.3, 0.4) is 0 Å². The molecule has 28 heavy (non-hydrogen) atoms. The molecule has 4 rings (SSSR count). The molecule has 3 aromatic rings. The third-order valence-electron chi connectivity index (χ3n) is 4.99. The number of hydrogen-bond donors (Lipinski definition) is 1. The van der Waals surface area contributed by atoms with E-state index in [1.54, 1.807) is 6.20 Å². The molecular formula is C21H24N6S. The molecule has 4 heterocycles. The predicted octanol–water partition coefficient (Wildman–Crippen LogP) is 2.80. The molecule has 0 aromatic carbocycles. The molecule has 0 aliphatic carbocycles. The van der Waals surface area contributed by atoms with Gasteiger partial charge in [0, 0.05) is 37.4 Å². The van der Waals surface area contributed by atoms with Crippen molar-refractivity contribution >= 4 is 17.3 Å². The molecule has 1 saturated heterocycles. The highest BCUT2D eigenvalue weighted by Crippen LogP contribution is 2.39.